The van der Waals surface area contributed by atoms with Crippen LogP contribution < -0.4 is 11.2 Å². The zero-order valence-corrected chi connectivity index (χ0v) is 9.18. The summed E-state index contributed by atoms with van der Waals surface area (Å²) in [5, 5.41) is 0. The number of fused-ring (bicyclic) bond motifs is 1. The molecular weight excluding hydrogens is 191 g/mol. The number of hydrogen-bond donors (Lipinski definition) is 0. The summed E-state index contributed by atoms with van der Waals surface area (Å²) in [6.07, 6.45) is 1.52. The monoisotopic (exact) mass is 201 g/mol. The van der Waals surface area contributed by atoms with Crippen molar-refractivity contribution >= 4 is 30.0 Å². The van der Waals surface area contributed by atoms with Crippen LogP contribution in [0.25, 0.3) is 11.2 Å². The average molecular weight is 201 g/mol. The van der Waals surface area contributed by atoms with Crippen molar-refractivity contribution in [3.8, 4) is 0 Å². The minimum atomic E-state index is -0.360. The Kier molecular flexibility index (Phi) is 2.93. The van der Waals surface area contributed by atoms with Crippen molar-refractivity contribution in [3.05, 3.63) is 27.2 Å². The molecule has 1 radical (unpaired) electrons. The van der Waals surface area contributed by atoms with Gasteiger partial charge < -0.3 is 4.57 Å². The molecule has 0 N–H and O–H groups in total. The van der Waals surface area contributed by atoms with Gasteiger partial charge in [-0.05, 0) is 0 Å². The maximum Gasteiger partial charge on any atom is 0.332 e. The van der Waals surface area contributed by atoms with Crippen LogP contribution in [0.15, 0.2) is 15.9 Å². The van der Waals surface area contributed by atoms with E-state index < -0.39 is 0 Å². The Hall–Kier alpha value is -1.25. The molecule has 0 saturated carbocycles. The predicted octanol–water partition coefficient (Wildman–Crippen LogP) is -1.41. The van der Waals surface area contributed by atoms with Crippen molar-refractivity contribution < 1.29 is 0 Å². The van der Waals surface area contributed by atoms with Gasteiger partial charge in [0.1, 0.15) is 0 Å². The molecule has 0 amide bonds. The van der Waals surface area contributed by atoms with Gasteiger partial charge in [-0.1, -0.05) is 0 Å². The van der Waals surface area contributed by atoms with Crippen molar-refractivity contribution in [2.24, 2.45) is 21.1 Å². The second-order valence-electron chi connectivity index (χ2n) is 3.23. The molecule has 0 bridgehead atoms. The minimum absolute atomic E-state index is 0. The van der Waals surface area contributed by atoms with E-state index in [4.69, 9.17) is 0 Å². The van der Waals surface area contributed by atoms with Gasteiger partial charge >= 0.3 is 5.69 Å². The maximum absolute atomic E-state index is 11.7. The smallest absolute Gasteiger partial charge is 0.328 e. The van der Waals surface area contributed by atoms with Crippen molar-refractivity contribution in [1.82, 2.24) is 18.7 Å². The molecule has 75 valence electrons. The Morgan fingerprint density at radius 1 is 1.13 bits per heavy atom. The van der Waals surface area contributed by atoms with E-state index >= 15 is 0 Å². The van der Waals surface area contributed by atoms with E-state index in [-0.39, 0.29) is 30.1 Å². The first-order valence-electron chi connectivity index (χ1n) is 4.11. The summed E-state index contributed by atoms with van der Waals surface area (Å²) in [4.78, 5) is 27.2. The molecular formula is C8H10LiN4O2. The predicted molar refractivity (Wildman–Crippen MR) is 57.0 cm³/mol. The van der Waals surface area contributed by atoms with Gasteiger partial charge in [-0.15, -0.1) is 0 Å². The van der Waals surface area contributed by atoms with Gasteiger partial charge in [0.25, 0.3) is 5.56 Å². The fourth-order valence-electron chi connectivity index (χ4n) is 1.47. The van der Waals surface area contributed by atoms with Gasteiger partial charge in [0.2, 0.25) is 0 Å². The molecule has 6 nitrogen and oxygen atoms in total. The number of aromatic nitrogens is 4. The molecule has 2 aromatic heterocycles. The van der Waals surface area contributed by atoms with Crippen LogP contribution in [0.4, 0.5) is 0 Å². The third-order valence-electron chi connectivity index (χ3n) is 2.32. The summed E-state index contributed by atoms with van der Waals surface area (Å²) < 4.78 is 4.04. The molecule has 0 aromatic carbocycles. The second kappa shape index (κ2) is 3.72. The fraction of sp³-hybridized carbons (Fsp3) is 0.375. The first-order chi connectivity index (χ1) is 6.54. The number of imidazole rings is 1. The topological polar surface area (TPSA) is 61.8 Å². The molecule has 0 aliphatic heterocycles. The zero-order valence-electron chi connectivity index (χ0n) is 9.18. The average Bonchev–Trinajstić information content (AvgIpc) is 2.54. The summed E-state index contributed by atoms with van der Waals surface area (Å²) in [7, 11) is 4.77. The molecule has 2 rings (SSSR count). The van der Waals surface area contributed by atoms with Gasteiger partial charge in [0.05, 0.1) is 6.33 Å². The Morgan fingerprint density at radius 3 is 2.33 bits per heavy atom. The molecule has 0 saturated heterocycles. The summed E-state index contributed by atoms with van der Waals surface area (Å²) >= 11 is 0. The van der Waals surface area contributed by atoms with E-state index in [1.807, 2.05) is 0 Å². The van der Waals surface area contributed by atoms with Crippen LogP contribution in [0.1, 0.15) is 0 Å². The van der Waals surface area contributed by atoms with Crippen LogP contribution in [-0.2, 0) is 21.1 Å². The van der Waals surface area contributed by atoms with E-state index in [2.05, 4.69) is 4.98 Å². The molecule has 15 heavy (non-hydrogen) atoms. The third-order valence-corrected chi connectivity index (χ3v) is 2.32. The van der Waals surface area contributed by atoms with Gasteiger partial charge in [0.15, 0.2) is 11.2 Å². The Labute approximate surface area is 97.3 Å². The number of hydrogen-bond acceptors (Lipinski definition) is 3. The van der Waals surface area contributed by atoms with Gasteiger partial charge in [0, 0.05) is 40.0 Å². The standard InChI is InChI=1S/C8H10N4O2.Li/c1-10-4-9-6-5(10)7(13)12(3)8(14)11(6)2;/h4H,1-3H3;. The summed E-state index contributed by atoms with van der Waals surface area (Å²) in [5.41, 5.74) is 0.180. The van der Waals surface area contributed by atoms with Gasteiger partial charge in [-0.2, -0.15) is 0 Å². The first-order valence-corrected chi connectivity index (χ1v) is 4.11. The van der Waals surface area contributed by atoms with E-state index in [0.717, 1.165) is 4.57 Å². The van der Waals surface area contributed by atoms with Crippen LogP contribution in [0.3, 0.4) is 0 Å². The molecule has 2 aromatic rings. The normalized spacial score (nSPS) is 10.3. The molecule has 0 unspecified atom stereocenters. The Bertz CT molecular complexity index is 622. The quantitative estimate of drug-likeness (QED) is 0.492. The maximum atomic E-state index is 11.7. The summed E-state index contributed by atoms with van der Waals surface area (Å²) in [6, 6.07) is 0. The number of aryl methyl sites for hydroxylation is 2. The number of nitrogens with zero attached hydrogens (tertiary/aromatic N) is 4. The van der Waals surface area contributed by atoms with Crippen LogP contribution in [-0.4, -0.2) is 37.5 Å². The fourth-order valence-corrected chi connectivity index (χ4v) is 1.47. The summed E-state index contributed by atoms with van der Waals surface area (Å²) in [6.45, 7) is 0. The SMILES string of the molecule is Cn1c(=O)c2c(ncn2C)n(C)c1=O.[Li]. The van der Waals surface area contributed by atoms with E-state index in [9.17, 15) is 9.59 Å². The van der Waals surface area contributed by atoms with E-state index in [1.54, 1.807) is 18.7 Å². The molecule has 0 aliphatic rings. The van der Waals surface area contributed by atoms with E-state index in [1.165, 1.54) is 17.9 Å². The van der Waals surface area contributed by atoms with Gasteiger partial charge in [-0.25, -0.2) is 9.78 Å². The Balaban J connectivity index is 0.00000112. The van der Waals surface area contributed by atoms with Crippen LogP contribution in [0.5, 0.6) is 0 Å². The molecule has 2 heterocycles. The van der Waals surface area contributed by atoms with Crippen LogP contribution >= 0.6 is 0 Å². The van der Waals surface area contributed by atoms with Gasteiger partial charge in [-0.3, -0.25) is 13.9 Å². The molecule has 0 spiro atoms. The second-order valence-corrected chi connectivity index (χ2v) is 3.23. The molecule has 0 fully saturated rings. The number of rotatable bonds is 0. The zero-order chi connectivity index (χ0) is 10.5. The molecule has 0 aliphatic carbocycles. The van der Waals surface area contributed by atoms with Crippen molar-refractivity contribution in [3.63, 3.8) is 0 Å². The Morgan fingerprint density at radius 2 is 1.73 bits per heavy atom. The van der Waals surface area contributed by atoms with Crippen LogP contribution in [0.2, 0.25) is 0 Å². The third kappa shape index (κ3) is 1.46. The van der Waals surface area contributed by atoms with E-state index in [0.29, 0.717) is 11.2 Å². The molecule has 7 heteroatoms. The molecule has 0 atom stereocenters. The minimum Gasteiger partial charge on any atom is -0.328 e. The van der Waals surface area contributed by atoms with Crippen LogP contribution in [0, 0.1) is 0 Å². The first kappa shape index (κ1) is 11.8. The largest absolute Gasteiger partial charge is 0.332 e. The van der Waals surface area contributed by atoms with Crippen molar-refractivity contribution in [1.29, 1.82) is 0 Å². The summed E-state index contributed by atoms with van der Waals surface area (Å²) in [5.74, 6) is 0. The van der Waals surface area contributed by atoms with Crippen molar-refractivity contribution in [2.45, 2.75) is 0 Å². The van der Waals surface area contributed by atoms with Crippen molar-refractivity contribution in [2.75, 3.05) is 0 Å².